The molecule has 0 N–H and O–H groups in total. The summed E-state index contributed by atoms with van der Waals surface area (Å²) in [6.45, 7) is 0. The van der Waals surface area contributed by atoms with Gasteiger partial charge >= 0.3 is 5.97 Å². The van der Waals surface area contributed by atoms with Crippen LogP contribution in [0.4, 0.5) is 0 Å². The maximum absolute atomic E-state index is 10.6. The standard InChI is InChI=1S/C6H6O4/c1-8-6(7)5-4-9-2-3-10-5/h2-4H,1H3. The van der Waals surface area contributed by atoms with Crippen LogP contribution in [0, 0.1) is 0 Å². The molecule has 0 amide bonds. The SMILES string of the molecule is COC(=O)C1=COC=CO1. The van der Waals surface area contributed by atoms with Gasteiger partial charge in [-0.05, 0) is 0 Å². The van der Waals surface area contributed by atoms with Crippen LogP contribution in [0.25, 0.3) is 0 Å². The summed E-state index contributed by atoms with van der Waals surface area (Å²) in [5.74, 6) is -0.505. The fourth-order valence-electron chi connectivity index (χ4n) is 0.459. The predicted molar refractivity (Wildman–Crippen MR) is 31.4 cm³/mol. The number of rotatable bonds is 1. The van der Waals surface area contributed by atoms with Gasteiger partial charge in [0.2, 0.25) is 5.76 Å². The van der Waals surface area contributed by atoms with Crippen LogP contribution >= 0.6 is 0 Å². The van der Waals surface area contributed by atoms with E-state index in [1.807, 2.05) is 0 Å². The minimum absolute atomic E-state index is 0.0463. The van der Waals surface area contributed by atoms with E-state index in [1.54, 1.807) is 0 Å². The second-order valence-corrected chi connectivity index (χ2v) is 1.50. The highest BCUT2D eigenvalue weighted by Crippen LogP contribution is 2.05. The molecule has 0 aromatic carbocycles. The van der Waals surface area contributed by atoms with E-state index in [-0.39, 0.29) is 5.76 Å². The summed E-state index contributed by atoms with van der Waals surface area (Å²) in [4.78, 5) is 10.6. The molecule has 0 spiro atoms. The Kier molecular flexibility index (Phi) is 1.94. The lowest BCUT2D eigenvalue weighted by molar-refractivity contribution is -0.139. The van der Waals surface area contributed by atoms with Crippen molar-refractivity contribution >= 4 is 5.97 Å². The molecule has 0 unspecified atom stereocenters. The normalized spacial score (nSPS) is 14.7. The van der Waals surface area contributed by atoms with E-state index >= 15 is 0 Å². The van der Waals surface area contributed by atoms with E-state index in [2.05, 4.69) is 9.47 Å². The second kappa shape index (κ2) is 2.91. The smallest absolute Gasteiger partial charge is 0.377 e. The summed E-state index contributed by atoms with van der Waals surface area (Å²) in [6, 6.07) is 0. The Balaban J connectivity index is 2.56. The minimum Gasteiger partial charge on any atom is -0.465 e. The lowest BCUT2D eigenvalue weighted by atomic mass is 10.5. The molecule has 1 heterocycles. The highest BCUT2D eigenvalue weighted by atomic mass is 16.6. The zero-order valence-corrected chi connectivity index (χ0v) is 5.37. The molecule has 0 aromatic heterocycles. The zero-order chi connectivity index (χ0) is 7.40. The number of methoxy groups -OCH3 is 1. The van der Waals surface area contributed by atoms with Gasteiger partial charge in [0, 0.05) is 0 Å². The van der Waals surface area contributed by atoms with Gasteiger partial charge in [-0.3, -0.25) is 0 Å². The lowest BCUT2D eigenvalue weighted by Crippen LogP contribution is -2.07. The third-order valence-electron chi connectivity index (χ3n) is 0.891. The largest absolute Gasteiger partial charge is 0.465 e. The van der Waals surface area contributed by atoms with Crippen LogP contribution < -0.4 is 0 Å². The fraction of sp³-hybridized carbons (Fsp3) is 0.167. The van der Waals surface area contributed by atoms with Crippen LogP contribution in [0.2, 0.25) is 0 Å². The van der Waals surface area contributed by atoms with Gasteiger partial charge in [0.25, 0.3) is 0 Å². The first-order valence-electron chi connectivity index (χ1n) is 2.60. The Morgan fingerprint density at radius 2 is 2.40 bits per heavy atom. The molecule has 4 heteroatoms. The number of ether oxygens (including phenoxy) is 3. The molecule has 0 radical (unpaired) electrons. The summed E-state index contributed by atoms with van der Waals surface area (Å²) in [6.07, 6.45) is 3.74. The molecular weight excluding hydrogens is 136 g/mol. The highest BCUT2D eigenvalue weighted by molar-refractivity contribution is 5.86. The fourth-order valence-corrected chi connectivity index (χ4v) is 0.459. The molecule has 1 aliphatic rings. The van der Waals surface area contributed by atoms with E-state index in [9.17, 15) is 4.79 Å². The van der Waals surface area contributed by atoms with Crippen molar-refractivity contribution in [1.29, 1.82) is 0 Å². The van der Waals surface area contributed by atoms with Crippen molar-refractivity contribution in [2.24, 2.45) is 0 Å². The van der Waals surface area contributed by atoms with Crippen molar-refractivity contribution in [3.05, 3.63) is 24.5 Å². The molecule has 1 rings (SSSR count). The second-order valence-electron chi connectivity index (χ2n) is 1.50. The molecule has 0 aromatic rings. The molecule has 0 bridgehead atoms. The number of carbonyl (C=O) groups is 1. The van der Waals surface area contributed by atoms with E-state index in [1.165, 1.54) is 25.9 Å². The van der Waals surface area contributed by atoms with E-state index in [0.717, 1.165) is 0 Å². The highest BCUT2D eigenvalue weighted by Gasteiger charge is 2.12. The van der Waals surface area contributed by atoms with E-state index in [0.29, 0.717) is 0 Å². The molecule has 54 valence electrons. The molecule has 0 fully saturated rings. The lowest BCUT2D eigenvalue weighted by Gasteiger charge is -2.06. The molecule has 4 nitrogen and oxygen atoms in total. The maximum atomic E-state index is 10.6. The minimum atomic E-state index is -0.552. The van der Waals surface area contributed by atoms with Gasteiger partial charge in [-0.1, -0.05) is 0 Å². The number of hydrogen-bond donors (Lipinski definition) is 0. The third-order valence-corrected chi connectivity index (χ3v) is 0.891. The average Bonchev–Trinajstić information content (AvgIpc) is 2.05. The van der Waals surface area contributed by atoms with Crippen molar-refractivity contribution < 1.29 is 19.0 Å². The van der Waals surface area contributed by atoms with Crippen LogP contribution in [-0.2, 0) is 19.0 Å². The summed E-state index contributed by atoms with van der Waals surface area (Å²) in [5, 5.41) is 0. The Morgan fingerprint density at radius 1 is 1.60 bits per heavy atom. The molecule has 10 heavy (non-hydrogen) atoms. The Morgan fingerprint density at radius 3 is 2.90 bits per heavy atom. The predicted octanol–water partition coefficient (Wildman–Crippen LogP) is 0.519. The molecule has 0 atom stereocenters. The zero-order valence-electron chi connectivity index (χ0n) is 5.37. The summed E-state index contributed by atoms with van der Waals surface area (Å²) in [7, 11) is 1.27. The van der Waals surface area contributed by atoms with Crippen molar-refractivity contribution in [3.8, 4) is 0 Å². The monoisotopic (exact) mass is 142 g/mol. The third kappa shape index (κ3) is 1.28. The molecule has 0 aliphatic carbocycles. The average molecular weight is 142 g/mol. The first-order valence-corrected chi connectivity index (χ1v) is 2.60. The van der Waals surface area contributed by atoms with Gasteiger partial charge in [0.05, 0.1) is 7.11 Å². The van der Waals surface area contributed by atoms with Gasteiger partial charge < -0.3 is 14.2 Å². The van der Waals surface area contributed by atoms with Gasteiger partial charge in [-0.15, -0.1) is 0 Å². The summed E-state index contributed by atoms with van der Waals surface area (Å²) >= 11 is 0. The van der Waals surface area contributed by atoms with Crippen LogP contribution in [0.15, 0.2) is 24.5 Å². The van der Waals surface area contributed by atoms with Crippen molar-refractivity contribution in [1.82, 2.24) is 0 Å². The Hall–Kier alpha value is -1.45. The summed E-state index contributed by atoms with van der Waals surface area (Å²) in [5.41, 5.74) is 0. The van der Waals surface area contributed by atoms with Crippen molar-refractivity contribution in [3.63, 3.8) is 0 Å². The maximum Gasteiger partial charge on any atom is 0.377 e. The van der Waals surface area contributed by atoms with E-state index in [4.69, 9.17) is 4.74 Å². The molecule has 0 saturated carbocycles. The van der Waals surface area contributed by atoms with Gasteiger partial charge in [0.1, 0.15) is 18.8 Å². The molecule has 0 saturated heterocycles. The van der Waals surface area contributed by atoms with Crippen molar-refractivity contribution in [2.45, 2.75) is 0 Å². The first-order chi connectivity index (χ1) is 4.84. The van der Waals surface area contributed by atoms with Crippen LogP contribution in [0.5, 0.6) is 0 Å². The van der Waals surface area contributed by atoms with Gasteiger partial charge in [-0.2, -0.15) is 0 Å². The Labute approximate surface area is 57.7 Å². The van der Waals surface area contributed by atoms with Crippen LogP contribution in [0.1, 0.15) is 0 Å². The first kappa shape index (κ1) is 6.67. The van der Waals surface area contributed by atoms with Gasteiger partial charge in [-0.25, -0.2) is 4.79 Å². The number of carbonyl (C=O) groups excluding carboxylic acids is 1. The van der Waals surface area contributed by atoms with Gasteiger partial charge in [0.15, 0.2) is 0 Å². The van der Waals surface area contributed by atoms with Crippen molar-refractivity contribution in [2.75, 3.05) is 7.11 Å². The number of hydrogen-bond acceptors (Lipinski definition) is 4. The van der Waals surface area contributed by atoms with Crippen LogP contribution in [-0.4, -0.2) is 13.1 Å². The molecule has 1 aliphatic heterocycles. The summed E-state index contributed by atoms with van der Waals surface area (Å²) < 4.78 is 13.7. The Bertz CT molecular complexity index is 192. The topological polar surface area (TPSA) is 44.8 Å². The number of esters is 1. The van der Waals surface area contributed by atoms with E-state index < -0.39 is 5.97 Å². The molecular formula is C6H6O4. The van der Waals surface area contributed by atoms with Crippen LogP contribution in [0.3, 0.4) is 0 Å². The quantitative estimate of drug-likeness (QED) is 0.500.